The van der Waals surface area contributed by atoms with E-state index in [0.29, 0.717) is 16.7 Å². The van der Waals surface area contributed by atoms with E-state index in [-0.39, 0.29) is 23.0 Å². The monoisotopic (exact) mass is 367 g/mol. The lowest BCUT2D eigenvalue weighted by Crippen LogP contribution is -2.34. The highest BCUT2D eigenvalue weighted by Crippen LogP contribution is 2.30. The topological polar surface area (TPSA) is 63.2 Å². The second-order valence-corrected chi connectivity index (χ2v) is 6.52. The fourth-order valence-electron chi connectivity index (χ4n) is 3.34. The highest BCUT2D eigenvalue weighted by atomic mass is 16.2. The number of Topliss-reactive ketones (excluding diaryl/α,β-unsaturated/α-hetero) is 1. The summed E-state index contributed by atoms with van der Waals surface area (Å²) in [4.78, 5) is 38.5. The van der Waals surface area contributed by atoms with Crippen LogP contribution in [-0.2, 0) is 0 Å². The molecule has 1 N–H and O–H groups in total. The first-order chi connectivity index (χ1) is 13.6. The molecule has 0 fully saturated rings. The van der Waals surface area contributed by atoms with Gasteiger partial charge in [0.25, 0.3) is 5.91 Å². The SMILES string of the molecule is O=C(NC(C1=CC(=O)c2ccccc2C1=O)c1ccccc1)c1ccccc1. The average molecular weight is 367 g/mol. The lowest BCUT2D eigenvalue weighted by molar-refractivity contribution is 0.0928. The molecule has 0 bridgehead atoms. The first-order valence-corrected chi connectivity index (χ1v) is 8.95. The lowest BCUT2D eigenvalue weighted by atomic mass is 9.84. The number of ketones is 2. The maximum absolute atomic E-state index is 13.1. The molecule has 4 heteroatoms. The second-order valence-electron chi connectivity index (χ2n) is 6.52. The van der Waals surface area contributed by atoms with Crippen LogP contribution in [0.25, 0.3) is 0 Å². The van der Waals surface area contributed by atoms with Crippen LogP contribution in [0.2, 0.25) is 0 Å². The first kappa shape index (κ1) is 17.6. The van der Waals surface area contributed by atoms with Gasteiger partial charge in [-0.1, -0.05) is 72.8 Å². The van der Waals surface area contributed by atoms with Gasteiger partial charge < -0.3 is 5.32 Å². The van der Waals surface area contributed by atoms with Crippen molar-refractivity contribution in [3.8, 4) is 0 Å². The second kappa shape index (κ2) is 7.45. The normalized spacial score (nSPS) is 14.1. The van der Waals surface area contributed by atoms with Gasteiger partial charge in [0.1, 0.15) is 0 Å². The molecular weight excluding hydrogens is 350 g/mol. The van der Waals surface area contributed by atoms with E-state index < -0.39 is 6.04 Å². The number of allylic oxidation sites excluding steroid dienone is 1. The molecule has 1 aliphatic carbocycles. The van der Waals surface area contributed by atoms with E-state index in [2.05, 4.69) is 5.32 Å². The minimum Gasteiger partial charge on any atom is -0.341 e. The third-order valence-electron chi connectivity index (χ3n) is 4.74. The highest BCUT2D eigenvalue weighted by Gasteiger charge is 2.32. The Morgan fingerprint density at radius 1 is 0.714 bits per heavy atom. The fourth-order valence-corrected chi connectivity index (χ4v) is 3.34. The number of amides is 1. The molecule has 0 radical (unpaired) electrons. The smallest absolute Gasteiger partial charge is 0.252 e. The predicted molar refractivity (Wildman–Crippen MR) is 106 cm³/mol. The summed E-state index contributed by atoms with van der Waals surface area (Å²) in [6.45, 7) is 0. The number of carbonyl (C=O) groups is 3. The van der Waals surface area contributed by atoms with E-state index in [4.69, 9.17) is 0 Å². The molecule has 3 aromatic carbocycles. The molecule has 0 saturated carbocycles. The standard InChI is InChI=1S/C24H17NO3/c26-21-15-20(23(27)19-14-8-7-13-18(19)21)22(16-9-3-1-4-10-16)25-24(28)17-11-5-2-6-12-17/h1-15,22H,(H,25,28). The molecule has 4 nitrogen and oxygen atoms in total. The van der Waals surface area contributed by atoms with Gasteiger partial charge in [-0.3, -0.25) is 14.4 Å². The van der Waals surface area contributed by atoms with E-state index in [1.54, 1.807) is 48.5 Å². The number of hydrogen-bond acceptors (Lipinski definition) is 3. The minimum atomic E-state index is -0.723. The average Bonchev–Trinajstić information content (AvgIpc) is 2.76. The largest absolute Gasteiger partial charge is 0.341 e. The summed E-state index contributed by atoms with van der Waals surface area (Å²) in [5, 5.41) is 2.92. The molecule has 1 amide bonds. The Morgan fingerprint density at radius 3 is 1.96 bits per heavy atom. The Kier molecular flexibility index (Phi) is 4.68. The molecule has 0 saturated heterocycles. The van der Waals surface area contributed by atoms with Crippen LogP contribution in [0.3, 0.4) is 0 Å². The summed E-state index contributed by atoms with van der Waals surface area (Å²) >= 11 is 0. The molecule has 0 heterocycles. The molecule has 4 rings (SSSR count). The predicted octanol–water partition coefficient (Wildman–Crippen LogP) is 4.16. The van der Waals surface area contributed by atoms with Gasteiger partial charge in [0.2, 0.25) is 0 Å². The van der Waals surface area contributed by atoms with Crippen molar-refractivity contribution in [1.82, 2.24) is 5.32 Å². The highest BCUT2D eigenvalue weighted by molar-refractivity contribution is 6.25. The zero-order valence-corrected chi connectivity index (χ0v) is 15.0. The van der Waals surface area contributed by atoms with E-state index >= 15 is 0 Å². The van der Waals surface area contributed by atoms with Crippen LogP contribution in [0.4, 0.5) is 0 Å². The summed E-state index contributed by atoms with van der Waals surface area (Å²) in [5.41, 5.74) is 2.23. The van der Waals surface area contributed by atoms with E-state index in [9.17, 15) is 14.4 Å². The number of rotatable bonds is 4. The zero-order chi connectivity index (χ0) is 19.5. The molecule has 0 aliphatic heterocycles. The summed E-state index contributed by atoms with van der Waals surface area (Å²) in [6.07, 6.45) is 1.34. The van der Waals surface area contributed by atoms with Gasteiger partial charge in [-0.05, 0) is 23.8 Å². The third kappa shape index (κ3) is 3.28. The van der Waals surface area contributed by atoms with Gasteiger partial charge in [-0.25, -0.2) is 0 Å². The number of fused-ring (bicyclic) bond motifs is 1. The Labute approximate surface area is 162 Å². The first-order valence-electron chi connectivity index (χ1n) is 8.95. The van der Waals surface area contributed by atoms with Gasteiger partial charge in [0.15, 0.2) is 11.6 Å². The van der Waals surface area contributed by atoms with E-state index in [1.165, 1.54) is 6.08 Å². The fraction of sp³-hybridized carbons (Fsp3) is 0.0417. The van der Waals surface area contributed by atoms with Crippen molar-refractivity contribution in [3.63, 3.8) is 0 Å². The third-order valence-corrected chi connectivity index (χ3v) is 4.74. The van der Waals surface area contributed by atoms with E-state index in [0.717, 1.165) is 5.56 Å². The maximum atomic E-state index is 13.1. The van der Waals surface area contributed by atoms with Crippen molar-refractivity contribution in [2.45, 2.75) is 6.04 Å². The van der Waals surface area contributed by atoms with Gasteiger partial charge >= 0.3 is 0 Å². The maximum Gasteiger partial charge on any atom is 0.252 e. The van der Waals surface area contributed by atoms with Crippen LogP contribution in [0.15, 0.2) is 96.6 Å². The molecule has 136 valence electrons. The van der Waals surface area contributed by atoms with Crippen molar-refractivity contribution >= 4 is 17.5 Å². The Bertz CT molecular complexity index is 1090. The summed E-state index contributed by atoms with van der Waals surface area (Å²) in [5.74, 6) is -0.799. The van der Waals surface area contributed by atoms with E-state index in [1.807, 2.05) is 36.4 Å². The van der Waals surface area contributed by atoms with Gasteiger partial charge in [0.05, 0.1) is 6.04 Å². The lowest BCUT2D eigenvalue weighted by Gasteiger charge is -2.24. The molecule has 1 atom stereocenters. The summed E-state index contributed by atoms with van der Waals surface area (Å²) in [6, 6.07) is 24.0. The Balaban J connectivity index is 1.76. The number of benzene rings is 3. The van der Waals surface area contributed by atoms with Gasteiger partial charge in [-0.15, -0.1) is 0 Å². The number of carbonyl (C=O) groups excluding carboxylic acids is 3. The molecule has 0 spiro atoms. The molecular formula is C24H17NO3. The van der Waals surface area contributed by atoms with Crippen molar-refractivity contribution in [3.05, 3.63) is 119 Å². The molecule has 3 aromatic rings. The van der Waals surface area contributed by atoms with Gasteiger partial charge in [0, 0.05) is 22.3 Å². The molecule has 28 heavy (non-hydrogen) atoms. The molecule has 1 aliphatic rings. The Morgan fingerprint density at radius 2 is 1.29 bits per heavy atom. The van der Waals surface area contributed by atoms with Crippen LogP contribution in [-0.4, -0.2) is 17.5 Å². The van der Waals surface area contributed by atoms with Crippen molar-refractivity contribution in [2.75, 3.05) is 0 Å². The van der Waals surface area contributed by atoms with Crippen molar-refractivity contribution < 1.29 is 14.4 Å². The van der Waals surface area contributed by atoms with Crippen LogP contribution < -0.4 is 5.32 Å². The summed E-state index contributed by atoms with van der Waals surface area (Å²) in [7, 11) is 0. The quantitative estimate of drug-likeness (QED) is 0.753. The number of nitrogens with one attached hydrogen (secondary N) is 1. The van der Waals surface area contributed by atoms with Crippen molar-refractivity contribution in [1.29, 1.82) is 0 Å². The zero-order valence-electron chi connectivity index (χ0n) is 15.0. The minimum absolute atomic E-state index is 0.236. The van der Waals surface area contributed by atoms with Gasteiger partial charge in [-0.2, -0.15) is 0 Å². The van der Waals surface area contributed by atoms with Crippen LogP contribution in [0, 0.1) is 0 Å². The van der Waals surface area contributed by atoms with Crippen LogP contribution in [0.5, 0.6) is 0 Å². The summed E-state index contributed by atoms with van der Waals surface area (Å²) < 4.78 is 0. The van der Waals surface area contributed by atoms with Crippen molar-refractivity contribution in [2.24, 2.45) is 0 Å². The molecule has 1 unspecified atom stereocenters. The van der Waals surface area contributed by atoms with Crippen LogP contribution in [0.1, 0.15) is 42.7 Å². The van der Waals surface area contributed by atoms with Crippen LogP contribution >= 0.6 is 0 Å². The number of hydrogen-bond donors (Lipinski definition) is 1. The molecule has 0 aromatic heterocycles. The Hall–Kier alpha value is -3.79.